The largest absolute Gasteiger partial charge is 0.398 e. The number of nitro groups is 1. The Kier molecular flexibility index (Phi) is 2.31. The number of nitrogen functional groups attached to an aromatic ring is 1. The van der Waals surface area contributed by atoms with Crippen LogP contribution in [0.1, 0.15) is 25.6 Å². The molecule has 0 atom stereocenters. The number of nitrogens with two attached hydrogens (primary N) is 1. The Bertz CT molecular complexity index is 661. The fourth-order valence-corrected chi connectivity index (χ4v) is 1.85. The highest BCUT2D eigenvalue weighted by molar-refractivity contribution is 5.72. The van der Waals surface area contributed by atoms with Gasteiger partial charge < -0.3 is 10.3 Å². The minimum absolute atomic E-state index is 0.0112. The van der Waals surface area contributed by atoms with E-state index in [1.165, 1.54) is 18.2 Å². The summed E-state index contributed by atoms with van der Waals surface area (Å²) in [7, 11) is 0. The molecule has 0 spiro atoms. The first-order valence-corrected chi connectivity index (χ1v) is 5.88. The third kappa shape index (κ3) is 1.92. The van der Waals surface area contributed by atoms with Crippen molar-refractivity contribution in [1.29, 1.82) is 0 Å². The maximum absolute atomic E-state index is 10.6. The Balaban J connectivity index is 1.98. The average molecular weight is 260 g/mol. The number of anilines is 1. The van der Waals surface area contributed by atoms with E-state index < -0.39 is 4.92 Å². The van der Waals surface area contributed by atoms with Gasteiger partial charge in [-0.25, -0.2) is 0 Å². The summed E-state index contributed by atoms with van der Waals surface area (Å²) in [4.78, 5) is 14.5. The van der Waals surface area contributed by atoms with E-state index in [0.29, 0.717) is 17.3 Å². The topological polar surface area (TPSA) is 108 Å². The highest BCUT2D eigenvalue weighted by Gasteiger charge is 2.43. The summed E-state index contributed by atoms with van der Waals surface area (Å²) in [5.41, 5.74) is 6.52. The van der Waals surface area contributed by atoms with Gasteiger partial charge in [0, 0.05) is 17.5 Å². The Morgan fingerprint density at radius 2 is 2.21 bits per heavy atom. The molecule has 1 heterocycles. The molecule has 0 radical (unpaired) electrons. The van der Waals surface area contributed by atoms with Crippen molar-refractivity contribution in [3.8, 4) is 11.5 Å². The third-order valence-electron chi connectivity index (χ3n) is 3.44. The summed E-state index contributed by atoms with van der Waals surface area (Å²) in [5.74, 6) is 0.968. The Labute approximate surface area is 108 Å². The molecule has 2 aromatic rings. The molecule has 0 saturated heterocycles. The van der Waals surface area contributed by atoms with Crippen LogP contribution in [0.15, 0.2) is 22.7 Å². The summed E-state index contributed by atoms with van der Waals surface area (Å²) >= 11 is 0. The highest BCUT2D eigenvalue weighted by Crippen LogP contribution is 2.46. The van der Waals surface area contributed by atoms with Crippen LogP contribution in [0.4, 0.5) is 11.4 Å². The average Bonchev–Trinajstić information content (AvgIpc) is 2.93. The van der Waals surface area contributed by atoms with Gasteiger partial charge >= 0.3 is 0 Å². The number of non-ortho nitro benzene ring substituents is 1. The van der Waals surface area contributed by atoms with Crippen LogP contribution in [0.2, 0.25) is 0 Å². The van der Waals surface area contributed by atoms with Crippen LogP contribution in [0.3, 0.4) is 0 Å². The van der Waals surface area contributed by atoms with Gasteiger partial charge in [0.1, 0.15) is 0 Å². The van der Waals surface area contributed by atoms with Gasteiger partial charge in [-0.2, -0.15) is 4.98 Å². The van der Waals surface area contributed by atoms with Crippen molar-refractivity contribution in [1.82, 2.24) is 10.1 Å². The molecule has 98 valence electrons. The zero-order valence-electron chi connectivity index (χ0n) is 10.3. The van der Waals surface area contributed by atoms with Gasteiger partial charge in [-0.15, -0.1) is 0 Å². The Hall–Kier alpha value is -2.44. The lowest BCUT2D eigenvalue weighted by Gasteiger charge is -2.00. The second-order valence-corrected chi connectivity index (χ2v) is 5.01. The number of nitro benzene ring substituents is 1. The second-order valence-electron chi connectivity index (χ2n) is 5.01. The molecular formula is C12H12N4O3. The monoisotopic (exact) mass is 260 g/mol. The SMILES string of the molecule is CC1(c2noc(-c3ccc([N+](=O)[O-])cc3N)n2)CC1. The second kappa shape index (κ2) is 3.78. The summed E-state index contributed by atoms with van der Waals surface area (Å²) < 4.78 is 5.19. The summed E-state index contributed by atoms with van der Waals surface area (Å²) in [5, 5.41) is 14.6. The number of benzene rings is 1. The van der Waals surface area contributed by atoms with E-state index in [4.69, 9.17) is 10.3 Å². The molecule has 1 aliphatic rings. The first-order valence-electron chi connectivity index (χ1n) is 5.88. The van der Waals surface area contributed by atoms with E-state index in [2.05, 4.69) is 17.1 Å². The van der Waals surface area contributed by atoms with Crippen LogP contribution in [0, 0.1) is 10.1 Å². The molecule has 19 heavy (non-hydrogen) atoms. The molecular weight excluding hydrogens is 248 g/mol. The zero-order valence-corrected chi connectivity index (χ0v) is 10.3. The predicted octanol–water partition coefficient (Wildman–Crippen LogP) is 2.28. The van der Waals surface area contributed by atoms with E-state index in [0.717, 1.165) is 12.8 Å². The summed E-state index contributed by atoms with van der Waals surface area (Å²) in [6.45, 7) is 2.07. The molecule has 0 bridgehead atoms. The lowest BCUT2D eigenvalue weighted by Crippen LogP contribution is -2.02. The number of nitrogens with zero attached hydrogens (tertiary/aromatic N) is 3. The minimum Gasteiger partial charge on any atom is -0.398 e. The van der Waals surface area contributed by atoms with Crippen LogP contribution < -0.4 is 5.73 Å². The minimum atomic E-state index is -0.495. The van der Waals surface area contributed by atoms with Crippen LogP contribution in [0.25, 0.3) is 11.5 Å². The van der Waals surface area contributed by atoms with E-state index >= 15 is 0 Å². The smallest absolute Gasteiger partial charge is 0.271 e. The first-order chi connectivity index (χ1) is 8.99. The zero-order chi connectivity index (χ0) is 13.6. The van der Waals surface area contributed by atoms with Crippen molar-refractivity contribution in [2.75, 3.05) is 5.73 Å². The van der Waals surface area contributed by atoms with Crippen LogP contribution in [0.5, 0.6) is 0 Å². The maximum Gasteiger partial charge on any atom is 0.271 e. The van der Waals surface area contributed by atoms with Crippen molar-refractivity contribution in [2.45, 2.75) is 25.2 Å². The Morgan fingerprint density at radius 1 is 1.47 bits per heavy atom. The molecule has 7 nitrogen and oxygen atoms in total. The van der Waals surface area contributed by atoms with Crippen LogP contribution in [-0.2, 0) is 5.41 Å². The summed E-state index contributed by atoms with van der Waals surface area (Å²) in [6.07, 6.45) is 2.09. The van der Waals surface area contributed by atoms with Crippen molar-refractivity contribution in [2.24, 2.45) is 0 Å². The van der Waals surface area contributed by atoms with Crippen molar-refractivity contribution in [3.05, 3.63) is 34.1 Å². The van der Waals surface area contributed by atoms with E-state index in [9.17, 15) is 10.1 Å². The van der Waals surface area contributed by atoms with Gasteiger partial charge in [-0.1, -0.05) is 12.1 Å². The molecule has 3 rings (SSSR count). The molecule has 0 unspecified atom stereocenters. The maximum atomic E-state index is 10.6. The number of rotatable bonds is 3. The van der Waals surface area contributed by atoms with Crippen LogP contribution >= 0.6 is 0 Å². The molecule has 0 amide bonds. The van der Waals surface area contributed by atoms with Gasteiger partial charge in [0.25, 0.3) is 11.6 Å². The third-order valence-corrected chi connectivity index (χ3v) is 3.44. The van der Waals surface area contributed by atoms with Crippen molar-refractivity contribution < 1.29 is 9.45 Å². The highest BCUT2D eigenvalue weighted by atomic mass is 16.6. The first kappa shape index (κ1) is 11.6. The normalized spacial score (nSPS) is 16.3. The fourth-order valence-electron chi connectivity index (χ4n) is 1.85. The van der Waals surface area contributed by atoms with E-state index in [1.807, 2.05) is 0 Å². The van der Waals surface area contributed by atoms with Crippen LogP contribution in [-0.4, -0.2) is 15.1 Å². The van der Waals surface area contributed by atoms with E-state index in [-0.39, 0.29) is 16.8 Å². The molecule has 0 aliphatic heterocycles. The van der Waals surface area contributed by atoms with Gasteiger partial charge in [0.2, 0.25) is 0 Å². The number of hydrogen-bond donors (Lipinski definition) is 1. The van der Waals surface area contributed by atoms with Gasteiger partial charge in [0.05, 0.1) is 16.2 Å². The Morgan fingerprint density at radius 3 is 2.79 bits per heavy atom. The van der Waals surface area contributed by atoms with Crippen molar-refractivity contribution in [3.63, 3.8) is 0 Å². The quantitative estimate of drug-likeness (QED) is 0.515. The molecule has 2 N–H and O–H groups in total. The molecule has 1 saturated carbocycles. The molecule has 1 aliphatic carbocycles. The molecule has 1 aromatic heterocycles. The van der Waals surface area contributed by atoms with Gasteiger partial charge in [0.15, 0.2) is 5.82 Å². The van der Waals surface area contributed by atoms with Gasteiger partial charge in [-0.3, -0.25) is 10.1 Å². The lowest BCUT2D eigenvalue weighted by atomic mass is 10.1. The molecule has 7 heteroatoms. The standard InChI is InChI=1S/C12H12N4O3/c1-12(4-5-12)11-14-10(19-15-11)8-3-2-7(16(17)18)6-9(8)13/h2-3,6H,4-5,13H2,1H3. The van der Waals surface area contributed by atoms with Gasteiger partial charge in [-0.05, 0) is 18.9 Å². The molecule has 1 aromatic carbocycles. The lowest BCUT2D eigenvalue weighted by molar-refractivity contribution is -0.384. The summed E-state index contributed by atoms with van der Waals surface area (Å²) in [6, 6.07) is 4.19. The fraction of sp³-hybridized carbons (Fsp3) is 0.333. The number of aromatic nitrogens is 2. The molecule has 1 fully saturated rings. The predicted molar refractivity (Wildman–Crippen MR) is 67.4 cm³/mol. The van der Waals surface area contributed by atoms with E-state index in [1.54, 1.807) is 0 Å². The van der Waals surface area contributed by atoms with Crippen molar-refractivity contribution >= 4 is 11.4 Å². The number of hydrogen-bond acceptors (Lipinski definition) is 6.